The van der Waals surface area contributed by atoms with Gasteiger partial charge >= 0.3 is 0 Å². The predicted octanol–water partition coefficient (Wildman–Crippen LogP) is 4.22. The van der Waals surface area contributed by atoms with Crippen molar-refractivity contribution in [3.8, 4) is 17.1 Å². The highest BCUT2D eigenvalue weighted by Gasteiger charge is 2.08. The number of nitrogens with one attached hydrogen (secondary N) is 1. The molecule has 7 heteroatoms. The van der Waals surface area contributed by atoms with E-state index in [9.17, 15) is 0 Å². The van der Waals surface area contributed by atoms with Crippen LogP contribution in [0.25, 0.3) is 11.4 Å². The first kappa shape index (κ1) is 16.5. The molecule has 3 aromatic rings. The van der Waals surface area contributed by atoms with Crippen LogP contribution in [0.1, 0.15) is 5.56 Å². The van der Waals surface area contributed by atoms with Crippen molar-refractivity contribution in [1.29, 1.82) is 0 Å². The zero-order valence-electron chi connectivity index (χ0n) is 13.3. The predicted molar refractivity (Wildman–Crippen MR) is 101 cm³/mol. The van der Waals surface area contributed by atoms with E-state index in [4.69, 9.17) is 17.0 Å². The number of hydrogen-bond donors (Lipinski definition) is 1. The Bertz CT molecular complexity index is 913. The van der Waals surface area contributed by atoms with Crippen LogP contribution >= 0.6 is 24.0 Å². The Hall–Kier alpha value is -2.38. The van der Waals surface area contributed by atoms with Gasteiger partial charge in [0.1, 0.15) is 5.75 Å². The molecule has 0 bridgehead atoms. The smallest absolute Gasteiger partial charge is 0.216 e. The first-order valence-corrected chi connectivity index (χ1v) is 8.85. The number of aromatic amines is 1. The number of ether oxygens (including phenoxy) is 1. The molecular weight excluding hydrogens is 340 g/mol. The van der Waals surface area contributed by atoms with Crippen LogP contribution < -0.4 is 4.74 Å². The monoisotopic (exact) mass is 356 g/mol. The maximum Gasteiger partial charge on any atom is 0.216 e. The van der Waals surface area contributed by atoms with Gasteiger partial charge in [0.15, 0.2) is 5.82 Å². The summed E-state index contributed by atoms with van der Waals surface area (Å²) in [4.78, 5) is 1.21. The average molecular weight is 356 g/mol. The number of nitrogens with zero attached hydrogens (tertiary/aromatic N) is 3. The second-order valence-corrected chi connectivity index (χ2v) is 6.18. The van der Waals surface area contributed by atoms with E-state index in [2.05, 4.69) is 27.4 Å². The highest BCUT2D eigenvalue weighted by atomic mass is 32.2. The molecule has 0 fully saturated rings. The van der Waals surface area contributed by atoms with Crippen molar-refractivity contribution < 1.29 is 4.74 Å². The third-order valence-electron chi connectivity index (χ3n) is 3.42. The molecule has 0 atom stereocenters. The maximum absolute atomic E-state index is 5.29. The van der Waals surface area contributed by atoms with Gasteiger partial charge < -0.3 is 4.74 Å². The number of H-pyrrole nitrogens is 1. The molecule has 0 aliphatic heterocycles. The van der Waals surface area contributed by atoms with Crippen LogP contribution in [-0.2, 0) is 0 Å². The Morgan fingerprint density at radius 2 is 2.04 bits per heavy atom. The van der Waals surface area contributed by atoms with Crippen molar-refractivity contribution in [1.82, 2.24) is 14.9 Å². The molecule has 122 valence electrons. The number of methoxy groups -OCH3 is 1. The molecule has 0 amide bonds. The van der Waals surface area contributed by atoms with Crippen molar-refractivity contribution in [3.05, 3.63) is 58.9 Å². The standard InChI is InChI=1S/C17H16N4OS2/c1-22-14-5-3-4-13(10-14)16-19-20-17(23)21(16)18-11-12-6-8-15(24-2)9-7-12/h3-11H,1-2H3,(H,20,23)/b18-11-. The summed E-state index contributed by atoms with van der Waals surface area (Å²) in [5.74, 6) is 1.39. The number of rotatable bonds is 5. The molecule has 0 saturated carbocycles. The van der Waals surface area contributed by atoms with Crippen molar-refractivity contribution in [2.24, 2.45) is 5.10 Å². The summed E-state index contributed by atoms with van der Waals surface area (Å²) >= 11 is 6.99. The lowest BCUT2D eigenvalue weighted by Gasteiger charge is -2.04. The molecule has 0 radical (unpaired) electrons. The van der Waals surface area contributed by atoms with E-state index >= 15 is 0 Å². The molecule has 2 aromatic carbocycles. The van der Waals surface area contributed by atoms with Gasteiger partial charge in [-0.05, 0) is 48.3 Å². The summed E-state index contributed by atoms with van der Waals surface area (Å²) in [5.41, 5.74) is 1.86. The van der Waals surface area contributed by atoms with Gasteiger partial charge in [-0.15, -0.1) is 11.8 Å². The molecule has 1 heterocycles. The Labute approximate surface area is 149 Å². The van der Waals surface area contributed by atoms with Gasteiger partial charge in [0.05, 0.1) is 13.3 Å². The normalized spacial score (nSPS) is 11.1. The van der Waals surface area contributed by atoms with Gasteiger partial charge in [0.2, 0.25) is 4.77 Å². The number of hydrogen-bond acceptors (Lipinski definition) is 5. The Morgan fingerprint density at radius 1 is 1.25 bits per heavy atom. The fraction of sp³-hybridized carbons (Fsp3) is 0.118. The Morgan fingerprint density at radius 3 is 2.75 bits per heavy atom. The van der Waals surface area contributed by atoms with Crippen LogP contribution in [0.3, 0.4) is 0 Å². The molecule has 3 rings (SSSR count). The molecule has 0 spiro atoms. The third kappa shape index (κ3) is 3.58. The van der Waals surface area contributed by atoms with Crippen LogP contribution in [0.2, 0.25) is 0 Å². The minimum Gasteiger partial charge on any atom is -0.497 e. The molecule has 5 nitrogen and oxygen atoms in total. The van der Waals surface area contributed by atoms with Gasteiger partial charge in [0, 0.05) is 10.5 Å². The summed E-state index contributed by atoms with van der Waals surface area (Å²) in [6, 6.07) is 15.8. The second-order valence-electron chi connectivity index (χ2n) is 4.91. The minimum absolute atomic E-state index is 0.435. The topological polar surface area (TPSA) is 55.2 Å². The van der Waals surface area contributed by atoms with E-state index in [1.165, 1.54) is 4.90 Å². The molecule has 0 aliphatic rings. The van der Waals surface area contributed by atoms with Gasteiger partial charge in [-0.25, -0.2) is 5.10 Å². The molecule has 24 heavy (non-hydrogen) atoms. The van der Waals surface area contributed by atoms with Crippen LogP contribution in [0.4, 0.5) is 0 Å². The van der Waals surface area contributed by atoms with E-state index in [0.29, 0.717) is 10.6 Å². The van der Waals surface area contributed by atoms with Crippen molar-refractivity contribution in [3.63, 3.8) is 0 Å². The molecule has 1 N–H and O–H groups in total. The summed E-state index contributed by atoms with van der Waals surface area (Å²) in [6.45, 7) is 0. The maximum atomic E-state index is 5.29. The van der Waals surface area contributed by atoms with Gasteiger partial charge in [-0.2, -0.15) is 14.9 Å². The summed E-state index contributed by atoms with van der Waals surface area (Å²) in [5, 5.41) is 11.5. The fourth-order valence-electron chi connectivity index (χ4n) is 2.16. The highest BCUT2D eigenvalue weighted by molar-refractivity contribution is 7.98. The van der Waals surface area contributed by atoms with Crippen molar-refractivity contribution in [2.45, 2.75) is 4.90 Å². The zero-order valence-corrected chi connectivity index (χ0v) is 14.9. The molecule has 0 aliphatic carbocycles. The SMILES string of the molecule is COc1cccc(-c2n[nH]c(=S)n2/N=C\c2ccc(SC)cc2)c1. The Balaban J connectivity index is 1.94. The summed E-state index contributed by atoms with van der Waals surface area (Å²) in [7, 11) is 1.63. The van der Waals surface area contributed by atoms with Gasteiger partial charge in [-0.3, -0.25) is 0 Å². The first-order chi connectivity index (χ1) is 11.7. The lowest BCUT2D eigenvalue weighted by molar-refractivity contribution is 0.415. The van der Waals surface area contributed by atoms with Crippen molar-refractivity contribution >= 4 is 30.2 Å². The lowest BCUT2D eigenvalue weighted by atomic mass is 10.2. The van der Waals surface area contributed by atoms with Crippen LogP contribution in [-0.4, -0.2) is 34.5 Å². The summed E-state index contributed by atoms with van der Waals surface area (Å²) < 4.78 is 7.30. The molecular formula is C17H16N4OS2. The van der Waals surface area contributed by atoms with E-state index in [1.807, 2.05) is 42.7 Å². The highest BCUT2D eigenvalue weighted by Crippen LogP contribution is 2.22. The largest absolute Gasteiger partial charge is 0.497 e. The quantitative estimate of drug-likeness (QED) is 0.422. The molecule has 0 unspecified atom stereocenters. The van der Waals surface area contributed by atoms with E-state index in [1.54, 1.807) is 29.8 Å². The average Bonchev–Trinajstić information content (AvgIpc) is 3.01. The second kappa shape index (κ2) is 7.46. The lowest BCUT2D eigenvalue weighted by Crippen LogP contribution is -1.95. The number of aromatic nitrogens is 3. The van der Waals surface area contributed by atoms with Crippen molar-refractivity contribution in [2.75, 3.05) is 13.4 Å². The summed E-state index contributed by atoms with van der Waals surface area (Å²) in [6.07, 6.45) is 3.81. The zero-order chi connectivity index (χ0) is 16.9. The van der Waals surface area contributed by atoms with Crippen LogP contribution in [0.15, 0.2) is 58.5 Å². The van der Waals surface area contributed by atoms with E-state index in [-0.39, 0.29) is 0 Å². The van der Waals surface area contributed by atoms with Crippen LogP contribution in [0.5, 0.6) is 5.75 Å². The Kier molecular flexibility index (Phi) is 5.12. The van der Waals surface area contributed by atoms with E-state index in [0.717, 1.165) is 16.9 Å². The number of benzene rings is 2. The van der Waals surface area contributed by atoms with Gasteiger partial charge in [-0.1, -0.05) is 24.3 Å². The van der Waals surface area contributed by atoms with Gasteiger partial charge in [0.25, 0.3) is 0 Å². The van der Waals surface area contributed by atoms with Crippen LogP contribution in [0, 0.1) is 4.77 Å². The third-order valence-corrected chi connectivity index (χ3v) is 4.42. The molecule has 0 saturated heterocycles. The number of thioether (sulfide) groups is 1. The minimum atomic E-state index is 0.435. The fourth-order valence-corrected chi connectivity index (χ4v) is 2.75. The molecule has 1 aromatic heterocycles. The van der Waals surface area contributed by atoms with E-state index < -0.39 is 0 Å². The first-order valence-electron chi connectivity index (χ1n) is 7.21.